The SMILES string of the molecule is N#C/C(=N\Nc1ccccc1CCO)C(=N)N. The van der Waals surface area contributed by atoms with Crippen molar-refractivity contribution in [2.24, 2.45) is 10.8 Å². The Morgan fingerprint density at radius 3 is 2.82 bits per heavy atom. The number of nitriles is 1. The summed E-state index contributed by atoms with van der Waals surface area (Å²) in [6.45, 7) is 0.0280. The Hall–Kier alpha value is -2.39. The maximum absolute atomic E-state index is 8.89. The van der Waals surface area contributed by atoms with Crippen molar-refractivity contribution in [2.75, 3.05) is 12.0 Å². The Balaban J connectivity index is 2.89. The molecule has 0 saturated carbocycles. The van der Waals surface area contributed by atoms with E-state index in [0.717, 1.165) is 5.56 Å². The normalized spacial score (nSPS) is 10.7. The highest BCUT2D eigenvalue weighted by Crippen LogP contribution is 2.15. The van der Waals surface area contributed by atoms with Gasteiger partial charge in [-0.3, -0.25) is 10.8 Å². The van der Waals surface area contributed by atoms with E-state index in [1.807, 2.05) is 12.1 Å². The molecule has 0 spiro atoms. The lowest BCUT2D eigenvalue weighted by molar-refractivity contribution is 0.300. The topological polar surface area (TPSA) is 118 Å². The first-order valence-corrected chi connectivity index (χ1v) is 4.96. The van der Waals surface area contributed by atoms with Crippen LogP contribution in [-0.2, 0) is 6.42 Å². The summed E-state index contributed by atoms with van der Waals surface area (Å²) < 4.78 is 0. The van der Waals surface area contributed by atoms with Crippen molar-refractivity contribution >= 4 is 17.2 Å². The largest absolute Gasteiger partial charge is 0.396 e. The fourth-order valence-corrected chi connectivity index (χ4v) is 1.23. The lowest BCUT2D eigenvalue weighted by atomic mass is 10.1. The van der Waals surface area contributed by atoms with Gasteiger partial charge >= 0.3 is 0 Å². The second-order valence-corrected chi connectivity index (χ2v) is 3.23. The Morgan fingerprint density at radius 2 is 2.24 bits per heavy atom. The van der Waals surface area contributed by atoms with Crippen LogP contribution in [0.5, 0.6) is 0 Å². The molecule has 0 amide bonds. The summed E-state index contributed by atoms with van der Waals surface area (Å²) in [7, 11) is 0. The molecule has 0 unspecified atom stereocenters. The summed E-state index contributed by atoms with van der Waals surface area (Å²) in [5, 5.41) is 28.4. The lowest BCUT2D eigenvalue weighted by Gasteiger charge is -2.07. The van der Waals surface area contributed by atoms with Gasteiger partial charge in [-0.05, 0) is 18.1 Å². The van der Waals surface area contributed by atoms with E-state index in [2.05, 4.69) is 10.5 Å². The second-order valence-electron chi connectivity index (χ2n) is 3.23. The van der Waals surface area contributed by atoms with Crippen LogP contribution in [0.2, 0.25) is 0 Å². The van der Waals surface area contributed by atoms with Crippen LogP contribution in [0.15, 0.2) is 29.4 Å². The van der Waals surface area contributed by atoms with Gasteiger partial charge in [-0.15, -0.1) is 0 Å². The highest BCUT2D eigenvalue weighted by Gasteiger charge is 2.03. The van der Waals surface area contributed by atoms with Crippen LogP contribution in [0.4, 0.5) is 5.69 Å². The van der Waals surface area contributed by atoms with Crippen molar-refractivity contribution in [1.29, 1.82) is 10.7 Å². The zero-order chi connectivity index (χ0) is 12.7. The Kier molecular flexibility index (Phi) is 4.66. The van der Waals surface area contributed by atoms with E-state index in [0.29, 0.717) is 12.1 Å². The number of para-hydroxylation sites is 1. The molecule has 0 atom stereocenters. The monoisotopic (exact) mass is 231 g/mol. The number of hydrogen-bond donors (Lipinski definition) is 4. The number of nitrogens with one attached hydrogen (secondary N) is 2. The molecule has 5 N–H and O–H groups in total. The molecule has 0 bridgehead atoms. The number of nitrogens with zero attached hydrogens (tertiary/aromatic N) is 2. The van der Waals surface area contributed by atoms with Gasteiger partial charge < -0.3 is 10.8 Å². The zero-order valence-electron chi connectivity index (χ0n) is 9.14. The summed E-state index contributed by atoms with van der Waals surface area (Å²) in [5.74, 6) is -0.389. The average Bonchev–Trinajstić information content (AvgIpc) is 2.32. The molecule has 0 fully saturated rings. The third kappa shape index (κ3) is 3.59. The Bertz CT molecular complexity index is 475. The van der Waals surface area contributed by atoms with Crippen molar-refractivity contribution in [3.63, 3.8) is 0 Å². The predicted octanol–water partition coefficient (Wildman–Crippen LogP) is 0.449. The smallest absolute Gasteiger partial charge is 0.201 e. The maximum Gasteiger partial charge on any atom is 0.201 e. The first-order valence-electron chi connectivity index (χ1n) is 4.96. The molecule has 0 aliphatic carbocycles. The highest BCUT2D eigenvalue weighted by atomic mass is 16.2. The number of aliphatic hydroxyl groups is 1. The number of amidine groups is 1. The molecule has 1 rings (SSSR count). The molecule has 1 aromatic rings. The van der Waals surface area contributed by atoms with Crippen LogP contribution >= 0.6 is 0 Å². The van der Waals surface area contributed by atoms with Crippen LogP contribution in [0.3, 0.4) is 0 Å². The third-order valence-corrected chi connectivity index (χ3v) is 2.05. The van der Waals surface area contributed by atoms with Crippen molar-refractivity contribution in [3.05, 3.63) is 29.8 Å². The standard InChI is InChI=1S/C11H13N5O/c12-7-10(11(13)14)16-15-9-4-2-1-3-8(9)5-6-17/h1-4,15,17H,5-6H2,(H3,13,14)/b16-10+. The minimum absolute atomic E-state index is 0.0280. The lowest BCUT2D eigenvalue weighted by Crippen LogP contribution is -2.22. The van der Waals surface area contributed by atoms with Crippen LogP contribution in [0.25, 0.3) is 0 Å². The van der Waals surface area contributed by atoms with Crippen molar-refractivity contribution < 1.29 is 5.11 Å². The molecule has 0 radical (unpaired) electrons. The Labute approximate surface area is 98.9 Å². The van der Waals surface area contributed by atoms with Crippen LogP contribution < -0.4 is 11.2 Å². The molecule has 88 valence electrons. The van der Waals surface area contributed by atoms with Gasteiger partial charge in [0.05, 0.1) is 5.69 Å². The van der Waals surface area contributed by atoms with Crippen LogP contribution in [0, 0.1) is 16.7 Å². The van der Waals surface area contributed by atoms with E-state index < -0.39 is 0 Å². The number of anilines is 1. The number of hydrogen-bond acceptors (Lipinski definition) is 5. The van der Waals surface area contributed by atoms with E-state index in [-0.39, 0.29) is 18.2 Å². The minimum Gasteiger partial charge on any atom is -0.396 e. The second kappa shape index (κ2) is 6.25. The molecule has 0 aromatic heterocycles. The zero-order valence-corrected chi connectivity index (χ0v) is 9.14. The van der Waals surface area contributed by atoms with Gasteiger partial charge in [-0.1, -0.05) is 18.2 Å². The molecule has 0 saturated heterocycles. The minimum atomic E-state index is -0.389. The molecule has 1 aromatic carbocycles. The van der Waals surface area contributed by atoms with Gasteiger partial charge in [0.2, 0.25) is 5.71 Å². The van der Waals surface area contributed by atoms with Gasteiger partial charge in [0.15, 0.2) is 5.84 Å². The van der Waals surface area contributed by atoms with Crippen molar-refractivity contribution in [2.45, 2.75) is 6.42 Å². The fraction of sp³-hybridized carbons (Fsp3) is 0.182. The van der Waals surface area contributed by atoms with E-state index in [9.17, 15) is 0 Å². The van der Waals surface area contributed by atoms with Gasteiger partial charge in [0, 0.05) is 6.61 Å². The molecule has 0 heterocycles. The summed E-state index contributed by atoms with van der Waals surface area (Å²) in [6.07, 6.45) is 0.487. The van der Waals surface area contributed by atoms with Crippen molar-refractivity contribution in [1.82, 2.24) is 0 Å². The molecule has 0 aliphatic rings. The highest BCUT2D eigenvalue weighted by molar-refractivity contribution is 6.45. The molecule has 6 heteroatoms. The van der Waals surface area contributed by atoms with E-state index in [1.54, 1.807) is 18.2 Å². The Morgan fingerprint density at radius 1 is 1.53 bits per heavy atom. The number of nitrogens with two attached hydrogens (primary N) is 1. The number of rotatable bonds is 5. The van der Waals surface area contributed by atoms with E-state index in [4.69, 9.17) is 21.5 Å². The first kappa shape index (κ1) is 12.7. The molecular weight excluding hydrogens is 218 g/mol. The quantitative estimate of drug-likeness (QED) is 0.334. The fourth-order valence-electron chi connectivity index (χ4n) is 1.23. The summed E-state index contributed by atoms with van der Waals surface area (Å²) in [6, 6.07) is 8.97. The molecule has 0 aliphatic heterocycles. The van der Waals surface area contributed by atoms with Crippen LogP contribution in [-0.4, -0.2) is 23.3 Å². The molecule has 6 nitrogen and oxygen atoms in total. The van der Waals surface area contributed by atoms with Gasteiger partial charge in [0.25, 0.3) is 0 Å². The molecular formula is C11H13N5O. The summed E-state index contributed by atoms with van der Waals surface area (Å²) in [4.78, 5) is 0. The van der Waals surface area contributed by atoms with E-state index >= 15 is 0 Å². The van der Waals surface area contributed by atoms with Crippen molar-refractivity contribution in [3.8, 4) is 6.07 Å². The van der Waals surface area contributed by atoms with Gasteiger partial charge in [0.1, 0.15) is 6.07 Å². The number of aliphatic hydroxyl groups excluding tert-OH is 1. The van der Waals surface area contributed by atoms with Gasteiger partial charge in [-0.25, -0.2) is 0 Å². The summed E-state index contributed by atoms with van der Waals surface area (Å²) in [5.41, 5.74) is 9.20. The summed E-state index contributed by atoms with van der Waals surface area (Å²) >= 11 is 0. The third-order valence-electron chi connectivity index (χ3n) is 2.05. The van der Waals surface area contributed by atoms with Crippen LogP contribution in [0.1, 0.15) is 5.56 Å². The van der Waals surface area contributed by atoms with E-state index in [1.165, 1.54) is 0 Å². The first-order chi connectivity index (χ1) is 8.19. The molecule has 17 heavy (non-hydrogen) atoms. The predicted molar refractivity (Wildman–Crippen MR) is 65.8 cm³/mol. The van der Waals surface area contributed by atoms with Gasteiger partial charge in [-0.2, -0.15) is 10.4 Å². The maximum atomic E-state index is 8.89. The average molecular weight is 231 g/mol. The number of benzene rings is 1. The number of hydrazone groups is 1.